The average Bonchev–Trinajstić information content (AvgIpc) is 2.15. The second-order valence-corrected chi connectivity index (χ2v) is 3.12. The van der Waals surface area contributed by atoms with Gasteiger partial charge in [-0.2, -0.15) is 0 Å². The van der Waals surface area contributed by atoms with Gasteiger partial charge in [0, 0.05) is 17.3 Å². The maximum Gasteiger partial charge on any atom is 0.282 e. The molecule has 0 fully saturated rings. The highest BCUT2D eigenvalue weighted by Crippen LogP contribution is 2.31. The minimum absolute atomic E-state index is 0.308. The molecule has 0 atom stereocenters. The number of alkyl halides is 2. The molecule has 86 valence electrons. The molecule has 7 heteroatoms. The molecule has 0 saturated carbocycles. The van der Waals surface area contributed by atoms with Crippen LogP contribution in [0.2, 0.25) is 0 Å². The third kappa shape index (κ3) is 2.13. The van der Waals surface area contributed by atoms with Gasteiger partial charge in [0.05, 0.1) is 4.92 Å². The quantitative estimate of drug-likeness (QED) is 0.373. The van der Waals surface area contributed by atoms with Gasteiger partial charge in [-0.15, -0.1) is 0 Å². The van der Waals surface area contributed by atoms with Crippen molar-refractivity contribution in [2.75, 3.05) is 5.73 Å². The van der Waals surface area contributed by atoms with Crippen LogP contribution in [-0.4, -0.2) is 10.7 Å². The number of nitrogens with two attached hydrogens (primary N) is 1. The third-order valence-corrected chi connectivity index (χ3v) is 1.97. The van der Waals surface area contributed by atoms with Crippen LogP contribution in [-0.2, 0) is 0 Å². The fourth-order valence-corrected chi connectivity index (χ4v) is 1.32. The van der Waals surface area contributed by atoms with Gasteiger partial charge in [-0.3, -0.25) is 14.9 Å². The topological polar surface area (TPSA) is 86.2 Å². The molecule has 0 saturated heterocycles. The normalized spacial score (nSPS) is 10.5. The van der Waals surface area contributed by atoms with Gasteiger partial charge in [-0.1, -0.05) is 0 Å². The van der Waals surface area contributed by atoms with E-state index < -0.39 is 28.4 Å². The van der Waals surface area contributed by atoms with Gasteiger partial charge in [0.2, 0.25) is 0 Å². The Kier molecular flexibility index (Phi) is 3.17. The predicted molar refractivity (Wildman–Crippen MR) is 52.5 cm³/mol. The van der Waals surface area contributed by atoms with Crippen molar-refractivity contribution in [3.05, 3.63) is 33.4 Å². The SMILES string of the molecule is CC(=O)c1c(N)cc(C(F)F)cc1[N+](=O)[O-]. The molecule has 5 nitrogen and oxygen atoms in total. The summed E-state index contributed by atoms with van der Waals surface area (Å²) in [6.07, 6.45) is -2.87. The van der Waals surface area contributed by atoms with Crippen molar-refractivity contribution in [2.45, 2.75) is 13.3 Å². The third-order valence-electron chi connectivity index (χ3n) is 1.97. The Morgan fingerprint density at radius 2 is 2.06 bits per heavy atom. The molecule has 2 N–H and O–H groups in total. The first-order valence-corrected chi connectivity index (χ1v) is 4.21. The summed E-state index contributed by atoms with van der Waals surface area (Å²) in [7, 11) is 0. The maximum absolute atomic E-state index is 12.4. The van der Waals surface area contributed by atoms with E-state index in [1.54, 1.807) is 0 Å². The molecule has 0 heterocycles. The predicted octanol–water partition coefficient (Wildman–Crippen LogP) is 2.32. The van der Waals surface area contributed by atoms with Gasteiger partial charge in [0.25, 0.3) is 12.1 Å². The van der Waals surface area contributed by atoms with Crippen LogP contribution in [0.1, 0.15) is 29.3 Å². The summed E-state index contributed by atoms with van der Waals surface area (Å²) in [4.78, 5) is 20.8. The van der Waals surface area contributed by atoms with E-state index in [9.17, 15) is 23.7 Å². The minimum Gasteiger partial charge on any atom is -0.398 e. The van der Waals surface area contributed by atoms with E-state index >= 15 is 0 Å². The Bertz CT molecular complexity index is 460. The highest BCUT2D eigenvalue weighted by molar-refractivity contribution is 6.03. The molecule has 0 spiro atoms. The highest BCUT2D eigenvalue weighted by atomic mass is 19.3. The number of nitrogen functional groups attached to an aromatic ring is 1. The number of nitrogens with zero attached hydrogens (tertiary/aromatic N) is 1. The van der Waals surface area contributed by atoms with Crippen LogP contribution in [0.15, 0.2) is 12.1 Å². The molecule has 16 heavy (non-hydrogen) atoms. The lowest BCUT2D eigenvalue weighted by Crippen LogP contribution is -2.06. The van der Waals surface area contributed by atoms with E-state index in [4.69, 9.17) is 5.73 Å². The number of carbonyl (C=O) groups is 1. The summed E-state index contributed by atoms with van der Waals surface area (Å²) < 4.78 is 24.7. The Morgan fingerprint density at radius 1 is 1.50 bits per heavy atom. The Labute approximate surface area is 89.0 Å². The minimum atomic E-state index is -2.87. The number of anilines is 1. The van der Waals surface area contributed by atoms with Crippen LogP contribution in [0.25, 0.3) is 0 Å². The summed E-state index contributed by atoms with van der Waals surface area (Å²) in [5, 5.41) is 10.6. The summed E-state index contributed by atoms with van der Waals surface area (Å²) in [6, 6.07) is 1.53. The molecule has 0 bridgehead atoms. The first-order chi connectivity index (χ1) is 7.34. The molecule has 0 amide bonds. The number of hydrogen-bond acceptors (Lipinski definition) is 4. The number of ketones is 1. The van der Waals surface area contributed by atoms with E-state index in [1.165, 1.54) is 0 Å². The summed E-state index contributed by atoms with van der Waals surface area (Å²) >= 11 is 0. The monoisotopic (exact) mass is 230 g/mol. The first kappa shape index (κ1) is 12.0. The van der Waals surface area contributed by atoms with Crippen molar-refractivity contribution in [3.63, 3.8) is 0 Å². The van der Waals surface area contributed by atoms with Crippen molar-refractivity contribution in [1.82, 2.24) is 0 Å². The van der Waals surface area contributed by atoms with Crippen LogP contribution >= 0.6 is 0 Å². The summed E-state index contributed by atoms with van der Waals surface area (Å²) in [5.74, 6) is -0.634. The Balaban J connectivity index is 3.52. The molecule has 0 aliphatic heterocycles. The van der Waals surface area contributed by atoms with Crippen molar-refractivity contribution < 1.29 is 18.5 Å². The smallest absolute Gasteiger partial charge is 0.282 e. The van der Waals surface area contributed by atoms with Crippen molar-refractivity contribution in [3.8, 4) is 0 Å². The number of Topliss-reactive ketones (excluding diaryl/α,β-unsaturated/α-hetero) is 1. The van der Waals surface area contributed by atoms with E-state index in [0.29, 0.717) is 6.07 Å². The zero-order chi connectivity index (χ0) is 12.5. The van der Waals surface area contributed by atoms with Gasteiger partial charge >= 0.3 is 0 Å². The first-order valence-electron chi connectivity index (χ1n) is 4.21. The van der Waals surface area contributed by atoms with Crippen molar-refractivity contribution in [2.24, 2.45) is 0 Å². The Morgan fingerprint density at radius 3 is 2.44 bits per heavy atom. The lowest BCUT2D eigenvalue weighted by molar-refractivity contribution is -0.385. The van der Waals surface area contributed by atoms with E-state index in [1.807, 2.05) is 0 Å². The van der Waals surface area contributed by atoms with Gasteiger partial charge in [0.1, 0.15) is 5.56 Å². The summed E-state index contributed by atoms with van der Waals surface area (Å²) in [5.41, 5.74) is 3.43. The fourth-order valence-electron chi connectivity index (χ4n) is 1.32. The zero-order valence-corrected chi connectivity index (χ0v) is 8.24. The standard InChI is InChI=1S/C9H8F2N2O3/c1-4(14)8-6(12)2-5(9(10)11)3-7(8)13(15)16/h2-3,9H,12H2,1H3. The molecule has 0 aliphatic carbocycles. The number of rotatable bonds is 3. The molecule has 0 radical (unpaired) electrons. The van der Waals surface area contributed by atoms with Crippen LogP contribution in [0, 0.1) is 10.1 Å². The Hall–Kier alpha value is -2.05. The van der Waals surface area contributed by atoms with Crippen molar-refractivity contribution in [1.29, 1.82) is 0 Å². The van der Waals surface area contributed by atoms with Gasteiger partial charge in [-0.05, 0) is 13.0 Å². The van der Waals surface area contributed by atoms with Gasteiger partial charge < -0.3 is 5.73 Å². The molecule has 0 aliphatic rings. The van der Waals surface area contributed by atoms with Crippen molar-refractivity contribution >= 4 is 17.2 Å². The van der Waals surface area contributed by atoms with Gasteiger partial charge in [-0.25, -0.2) is 8.78 Å². The largest absolute Gasteiger partial charge is 0.398 e. The van der Waals surface area contributed by atoms with E-state index in [-0.39, 0.29) is 11.3 Å². The second kappa shape index (κ2) is 4.21. The van der Waals surface area contributed by atoms with Crippen LogP contribution in [0.3, 0.4) is 0 Å². The number of benzene rings is 1. The van der Waals surface area contributed by atoms with Gasteiger partial charge in [0.15, 0.2) is 5.78 Å². The number of nitro benzene ring substituents is 1. The van der Waals surface area contributed by atoms with E-state index in [2.05, 4.69) is 0 Å². The molecule has 0 unspecified atom stereocenters. The fraction of sp³-hybridized carbons (Fsp3) is 0.222. The molecule has 1 aromatic rings. The lowest BCUT2D eigenvalue weighted by atomic mass is 10.0. The number of nitro groups is 1. The van der Waals surface area contributed by atoms with Crippen LogP contribution < -0.4 is 5.73 Å². The van der Waals surface area contributed by atoms with Crippen LogP contribution in [0.4, 0.5) is 20.2 Å². The molecular weight excluding hydrogens is 222 g/mol. The molecule has 1 aromatic carbocycles. The number of hydrogen-bond donors (Lipinski definition) is 1. The summed E-state index contributed by atoms with van der Waals surface area (Å²) in [6.45, 7) is 1.08. The lowest BCUT2D eigenvalue weighted by Gasteiger charge is -2.06. The molecule has 1 rings (SSSR count). The highest BCUT2D eigenvalue weighted by Gasteiger charge is 2.24. The zero-order valence-electron chi connectivity index (χ0n) is 8.24. The van der Waals surface area contributed by atoms with Crippen LogP contribution in [0.5, 0.6) is 0 Å². The number of halogens is 2. The van der Waals surface area contributed by atoms with E-state index in [0.717, 1.165) is 13.0 Å². The maximum atomic E-state index is 12.4. The molecule has 0 aromatic heterocycles. The number of carbonyl (C=O) groups excluding carboxylic acids is 1. The second-order valence-electron chi connectivity index (χ2n) is 3.12. The average molecular weight is 230 g/mol. The molecular formula is C9H8F2N2O3.